The number of hydrogen-bond acceptors (Lipinski definition) is 6. The van der Waals surface area contributed by atoms with Gasteiger partial charge in [-0.3, -0.25) is 9.69 Å². The van der Waals surface area contributed by atoms with Gasteiger partial charge in [-0.2, -0.15) is 0 Å². The van der Waals surface area contributed by atoms with E-state index in [2.05, 4.69) is 28.1 Å². The van der Waals surface area contributed by atoms with Gasteiger partial charge in [-0.15, -0.1) is 0 Å². The maximum Gasteiger partial charge on any atom is 0.279 e. The van der Waals surface area contributed by atoms with Gasteiger partial charge in [-0.1, -0.05) is 35.6 Å². The number of aromatic nitrogens is 1. The molecule has 3 fully saturated rings. The molecule has 7 heteroatoms. The first-order chi connectivity index (χ1) is 15.1. The summed E-state index contributed by atoms with van der Waals surface area (Å²) in [6.45, 7) is 2.64. The van der Waals surface area contributed by atoms with E-state index in [-0.39, 0.29) is 11.9 Å². The van der Waals surface area contributed by atoms with Crippen LogP contribution in [-0.2, 0) is 11.2 Å². The zero-order chi connectivity index (χ0) is 21.0. The van der Waals surface area contributed by atoms with Gasteiger partial charge in [0, 0.05) is 31.7 Å². The predicted octanol–water partition coefficient (Wildman–Crippen LogP) is 3.44. The predicted molar refractivity (Wildman–Crippen MR) is 120 cm³/mol. The third-order valence-electron chi connectivity index (χ3n) is 6.80. The minimum Gasteiger partial charge on any atom is -0.431 e. The first-order valence-electron chi connectivity index (χ1n) is 11.0. The molecule has 2 atom stereocenters. The van der Waals surface area contributed by atoms with Gasteiger partial charge < -0.3 is 14.7 Å². The third-order valence-corrected chi connectivity index (χ3v) is 7.72. The Morgan fingerprint density at radius 1 is 1.16 bits per heavy atom. The minimum absolute atomic E-state index is 0.0423. The highest BCUT2D eigenvalue weighted by molar-refractivity contribution is 7.20. The fourth-order valence-corrected chi connectivity index (χ4v) is 5.74. The van der Waals surface area contributed by atoms with Crippen molar-refractivity contribution in [3.8, 4) is 10.9 Å². The van der Waals surface area contributed by atoms with Gasteiger partial charge in [0.05, 0.1) is 10.2 Å². The van der Waals surface area contributed by atoms with Crippen LogP contribution in [0.15, 0.2) is 48.5 Å². The number of amides is 1. The van der Waals surface area contributed by atoms with Crippen LogP contribution in [0.1, 0.15) is 24.8 Å². The number of rotatable bonds is 6. The Hall–Kier alpha value is -2.48. The number of nitrogens with zero attached hydrogens (tertiary/aromatic N) is 3. The summed E-state index contributed by atoms with van der Waals surface area (Å²) >= 11 is 1.56. The van der Waals surface area contributed by atoms with Crippen molar-refractivity contribution in [2.75, 3.05) is 19.6 Å². The van der Waals surface area contributed by atoms with Gasteiger partial charge in [0.15, 0.2) is 0 Å². The van der Waals surface area contributed by atoms with Gasteiger partial charge in [-0.25, -0.2) is 4.98 Å². The van der Waals surface area contributed by atoms with Crippen molar-refractivity contribution in [1.29, 1.82) is 0 Å². The van der Waals surface area contributed by atoms with Gasteiger partial charge in [-0.05, 0) is 55.5 Å². The first kappa shape index (κ1) is 19.2. The summed E-state index contributed by atoms with van der Waals surface area (Å²) < 4.78 is 7.15. The Morgan fingerprint density at radius 2 is 2.03 bits per heavy atom. The summed E-state index contributed by atoms with van der Waals surface area (Å²) in [7, 11) is 0. The zero-order valence-electron chi connectivity index (χ0n) is 17.2. The Kier molecular flexibility index (Phi) is 4.52. The molecule has 0 unspecified atom stereocenters. The van der Waals surface area contributed by atoms with E-state index in [0.717, 1.165) is 48.4 Å². The number of carbonyl (C=O) groups excluding carboxylic acids is 1. The standard InChI is InChI=1S/C24H25N3O3S/c28-22(24(29)9-10-24)27-15-17-13-18(27)14-26(17)11-8-16-4-3-5-19(12-16)30-23-25-20-6-1-2-7-21(20)31-23/h1-7,12,17-18,29H,8-11,13-15H2/t17-,18+/m1/s1. The molecule has 31 heavy (non-hydrogen) atoms. The highest BCUT2D eigenvalue weighted by Gasteiger charge is 2.55. The van der Waals surface area contributed by atoms with E-state index in [9.17, 15) is 9.90 Å². The lowest BCUT2D eigenvalue weighted by Gasteiger charge is -2.35. The molecule has 2 saturated heterocycles. The number of hydrogen-bond donors (Lipinski definition) is 1. The van der Waals surface area contributed by atoms with Crippen molar-refractivity contribution in [2.24, 2.45) is 0 Å². The molecule has 2 aliphatic heterocycles. The summed E-state index contributed by atoms with van der Waals surface area (Å²) in [4.78, 5) is 21.5. The molecule has 2 aromatic carbocycles. The number of likely N-dealkylation sites (tertiary alicyclic amines) is 2. The van der Waals surface area contributed by atoms with Crippen LogP contribution in [0.5, 0.6) is 10.9 Å². The molecule has 1 amide bonds. The molecule has 3 aliphatic rings. The van der Waals surface area contributed by atoms with Gasteiger partial charge in [0.2, 0.25) is 0 Å². The van der Waals surface area contributed by atoms with Crippen LogP contribution in [-0.4, -0.2) is 63.1 Å². The van der Waals surface area contributed by atoms with Crippen LogP contribution < -0.4 is 4.74 Å². The second kappa shape index (κ2) is 7.29. The molecule has 1 N–H and O–H groups in total. The van der Waals surface area contributed by atoms with Crippen molar-refractivity contribution >= 4 is 27.5 Å². The number of fused-ring (bicyclic) bond motifs is 3. The van der Waals surface area contributed by atoms with Crippen LogP contribution in [0.3, 0.4) is 0 Å². The number of thiazole rings is 1. The van der Waals surface area contributed by atoms with Gasteiger partial charge in [0.25, 0.3) is 11.1 Å². The Morgan fingerprint density at radius 3 is 2.81 bits per heavy atom. The summed E-state index contributed by atoms with van der Waals surface area (Å²) in [6, 6.07) is 17.0. The summed E-state index contributed by atoms with van der Waals surface area (Å²) in [6.07, 6.45) is 3.22. The molecule has 0 radical (unpaired) electrons. The third kappa shape index (κ3) is 3.60. The number of piperazine rings is 1. The van der Waals surface area contributed by atoms with E-state index in [1.807, 2.05) is 35.2 Å². The van der Waals surface area contributed by atoms with Crippen molar-refractivity contribution in [3.05, 3.63) is 54.1 Å². The van der Waals surface area contributed by atoms with Crippen LogP contribution in [0, 0.1) is 0 Å². The van der Waals surface area contributed by atoms with Crippen molar-refractivity contribution < 1.29 is 14.6 Å². The van der Waals surface area contributed by atoms with E-state index in [1.165, 1.54) is 5.56 Å². The Labute approximate surface area is 185 Å². The fourth-order valence-electron chi connectivity index (χ4n) is 4.90. The quantitative estimate of drug-likeness (QED) is 0.643. The molecule has 6 nitrogen and oxygen atoms in total. The smallest absolute Gasteiger partial charge is 0.279 e. The summed E-state index contributed by atoms with van der Waals surface area (Å²) in [5.74, 6) is 0.772. The van der Waals surface area contributed by atoms with E-state index < -0.39 is 5.60 Å². The molecule has 1 aliphatic carbocycles. The van der Waals surface area contributed by atoms with Crippen LogP contribution in [0.25, 0.3) is 10.2 Å². The average molecular weight is 436 g/mol. The highest BCUT2D eigenvalue weighted by Crippen LogP contribution is 2.41. The summed E-state index contributed by atoms with van der Waals surface area (Å²) in [5.41, 5.74) is 1.16. The van der Waals surface area contributed by atoms with Crippen molar-refractivity contribution in [2.45, 2.75) is 43.4 Å². The van der Waals surface area contributed by atoms with Gasteiger partial charge >= 0.3 is 0 Å². The lowest BCUT2D eigenvalue weighted by atomic mass is 10.1. The zero-order valence-corrected chi connectivity index (χ0v) is 18.1. The first-order valence-corrected chi connectivity index (χ1v) is 11.8. The lowest BCUT2D eigenvalue weighted by Crippen LogP contribution is -2.52. The Bertz CT molecular complexity index is 1110. The molecule has 1 saturated carbocycles. The molecule has 0 spiro atoms. The van der Waals surface area contributed by atoms with Crippen LogP contribution >= 0.6 is 11.3 Å². The molecule has 160 valence electrons. The fraction of sp³-hybridized carbons (Fsp3) is 0.417. The van der Waals surface area contributed by atoms with E-state index in [0.29, 0.717) is 24.1 Å². The second-order valence-electron chi connectivity index (χ2n) is 8.97. The molecule has 2 bridgehead atoms. The molecule has 6 rings (SSSR count). The van der Waals surface area contributed by atoms with Crippen molar-refractivity contribution in [1.82, 2.24) is 14.8 Å². The number of para-hydroxylation sites is 1. The van der Waals surface area contributed by atoms with E-state index >= 15 is 0 Å². The highest BCUT2D eigenvalue weighted by atomic mass is 32.1. The van der Waals surface area contributed by atoms with Gasteiger partial charge in [0.1, 0.15) is 11.4 Å². The molecule has 3 heterocycles. The SMILES string of the molecule is O=C(N1C[C@H]2C[C@H]1CN2CCc1cccc(Oc2nc3ccccc3s2)c1)C1(O)CC1. The number of aliphatic hydroxyl groups is 1. The Balaban J connectivity index is 1.06. The molecular weight excluding hydrogens is 410 g/mol. The number of carbonyl (C=O) groups is 1. The van der Waals surface area contributed by atoms with E-state index in [1.54, 1.807) is 11.3 Å². The molecular formula is C24H25N3O3S. The number of benzene rings is 2. The molecule has 1 aromatic heterocycles. The topological polar surface area (TPSA) is 65.9 Å². The number of ether oxygens (including phenoxy) is 1. The lowest BCUT2D eigenvalue weighted by molar-refractivity contribution is -0.144. The van der Waals surface area contributed by atoms with Crippen LogP contribution in [0.2, 0.25) is 0 Å². The second-order valence-corrected chi connectivity index (χ2v) is 9.97. The average Bonchev–Trinajstić information content (AvgIpc) is 3.12. The monoisotopic (exact) mass is 435 g/mol. The maximum atomic E-state index is 12.5. The minimum atomic E-state index is -1.04. The normalized spacial score (nSPS) is 24.1. The largest absolute Gasteiger partial charge is 0.431 e. The molecule has 3 aromatic rings. The summed E-state index contributed by atoms with van der Waals surface area (Å²) in [5, 5.41) is 10.8. The van der Waals surface area contributed by atoms with Crippen molar-refractivity contribution in [3.63, 3.8) is 0 Å². The maximum absolute atomic E-state index is 12.5. The van der Waals surface area contributed by atoms with E-state index in [4.69, 9.17) is 4.74 Å². The van der Waals surface area contributed by atoms with Crippen LogP contribution in [0.4, 0.5) is 0 Å².